The fourth-order valence-corrected chi connectivity index (χ4v) is 3.57. The summed E-state index contributed by atoms with van der Waals surface area (Å²) in [4.78, 5) is 28.3. The minimum Gasteiger partial charge on any atom is -0.380 e. The highest BCUT2D eigenvalue weighted by atomic mass is 19.1. The summed E-state index contributed by atoms with van der Waals surface area (Å²) in [6, 6.07) is 11.9. The Morgan fingerprint density at radius 2 is 1.57 bits per heavy atom. The molecule has 0 aromatic heterocycles. The van der Waals surface area contributed by atoms with Crippen LogP contribution in [0.1, 0.15) is 28.8 Å². The molecule has 0 atom stereocenters. The van der Waals surface area contributed by atoms with Gasteiger partial charge in [0.05, 0.1) is 0 Å². The van der Waals surface area contributed by atoms with E-state index in [1.807, 2.05) is 6.92 Å². The first-order chi connectivity index (χ1) is 13.4. The lowest BCUT2D eigenvalue weighted by Crippen LogP contribution is -2.53. The van der Waals surface area contributed by atoms with Crippen LogP contribution in [0.25, 0.3) is 11.1 Å². The van der Waals surface area contributed by atoms with Crippen molar-refractivity contribution < 1.29 is 19.1 Å². The molecule has 6 heteroatoms. The van der Waals surface area contributed by atoms with E-state index in [9.17, 15) is 19.1 Å². The van der Waals surface area contributed by atoms with Gasteiger partial charge in [-0.1, -0.05) is 23.8 Å². The van der Waals surface area contributed by atoms with Gasteiger partial charge in [0, 0.05) is 37.3 Å². The van der Waals surface area contributed by atoms with Gasteiger partial charge in [-0.05, 0) is 49.6 Å². The summed E-state index contributed by atoms with van der Waals surface area (Å²) < 4.78 is 14.1. The summed E-state index contributed by atoms with van der Waals surface area (Å²) >= 11 is 0. The average molecular weight is 382 g/mol. The van der Waals surface area contributed by atoms with Gasteiger partial charge in [-0.3, -0.25) is 9.59 Å². The first-order valence-electron chi connectivity index (χ1n) is 9.55. The summed E-state index contributed by atoms with van der Waals surface area (Å²) in [5.41, 5.74) is 1.60. The van der Waals surface area contributed by atoms with Gasteiger partial charge in [0.25, 0.3) is 11.8 Å². The molecule has 1 N–H and O–H groups in total. The van der Waals surface area contributed by atoms with Gasteiger partial charge in [-0.15, -0.1) is 0 Å². The van der Waals surface area contributed by atoms with E-state index in [2.05, 4.69) is 0 Å². The topological polar surface area (TPSA) is 60.9 Å². The number of halogens is 1. The molecule has 2 fully saturated rings. The van der Waals surface area contributed by atoms with Crippen LogP contribution in [-0.4, -0.2) is 58.5 Å². The molecule has 1 saturated heterocycles. The first kappa shape index (κ1) is 18.6. The number of benzene rings is 2. The Hall–Kier alpha value is -2.73. The maximum Gasteiger partial charge on any atom is 0.254 e. The lowest BCUT2D eigenvalue weighted by atomic mass is 10.0. The second kappa shape index (κ2) is 7.02. The third-order valence-electron chi connectivity index (χ3n) is 5.54. The van der Waals surface area contributed by atoms with Crippen molar-refractivity contribution in [2.24, 2.45) is 0 Å². The molecule has 28 heavy (non-hydrogen) atoms. The van der Waals surface area contributed by atoms with Crippen LogP contribution in [0.5, 0.6) is 0 Å². The molecule has 0 unspecified atom stereocenters. The average Bonchev–Trinajstić information content (AvgIpc) is 3.47. The van der Waals surface area contributed by atoms with Crippen molar-refractivity contribution in [1.82, 2.24) is 9.80 Å². The summed E-state index contributed by atoms with van der Waals surface area (Å²) in [6.07, 6.45) is 1.05. The molecule has 0 bridgehead atoms. The predicted molar refractivity (Wildman–Crippen MR) is 103 cm³/mol. The molecule has 1 saturated carbocycles. The Balaban J connectivity index is 1.42. The largest absolute Gasteiger partial charge is 0.380 e. The molecule has 2 amide bonds. The smallest absolute Gasteiger partial charge is 0.254 e. The van der Waals surface area contributed by atoms with Crippen molar-refractivity contribution in [3.05, 3.63) is 59.4 Å². The van der Waals surface area contributed by atoms with Gasteiger partial charge in [0.2, 0.25) is 0 Å². The number of hydrogen-bond acceptors (Lipinski definition) is 3. The Morgan fingerprint density at radius 3 is 2.18 bits per heavy atom. The van der Waals surface area contributed by atoms with Crippen LogP contribution in [0.4, 0.5) is 4.39 Å². The zero-order valence-corrected chi connectivity index (χ0v) is 15.8. The number of carbonyl (C=O) groups is 2. The molecule has 1 aliphatic carbocycles. The van der Waals surface area contributed by atoms with Crippen LogP contribution in [0.15, 0.2) is 42.5 Å². The lowest BCUT2D eigenvalue weighted by molar-refractivity contribution is -0.143. The van der Waals surface area contributed by atoms with E-state index in [4.69, 9.17) is 0 Å². The Bertz CT molecular complexity index is 914. The molecule has 146 valence electrons. The second-order valence-electron chi connectivity index (χ2n) is 7.68. The van der Waals surface area contributed by atoms with Gasteiger partial charge < -0.3 is 14.9 Å². The molecule has 2 aromatic rings. The highest BCUT2D eigenvalue weighted by Crippen LogP contribution is 2.37. The van der Waals surface area contributed by atoms with E-state index in [-0.39, 0.29) is 17.6 Å². The van der Waals surface area contributed by atoms with Crippen molar-refractivity contribution in [3.8, 4) is 11.1 Å². The third-order valence-corrected chi connectivity index (χ3v) is 5.54. The molecule has 1 heterocycles. The minimum atomic E-state index is -1.16. The molecule has 2 aliphatic rings. The summed E-state index contributed by atoms with van der Waals surface area (Å²) in [5, 5.41) is 9.96. The number of rotatable bonds is 3. The number of piperazine rings is 1. The van der Waals surface area contributed by atoms with Crippen LogP contribution in [-0.2, 0) is 4.79 Å². The molecule has 5 nitrogen and oxygen atoms in total. The quantitative estimate of drug-likeness (QED) is 0.888. The molecule has 4 rings (SSSR count). The monoisotopic (exact) mass is 382 g/mol. The van der Waals surface area contributed by atoms with Crippen LogP contribution in [0.3, 0.4) is 0 Å². The second-order valence-corrected chi connectivity index (χ2v) is 7.68. The molecule has 0 radical (unpaired) electrons. The van der Waals surface area contributed by atoms with E-state index in [1.54, 1.807) is 46.2 Å². The number of hydrogen-bond donors (Lipinski definition) is 1. The van der Waals surface area contributed by atoms with Crippen molar-refractivity contribution in [3.63, 3.8) is 0 Å². The molecule has 2 aromatic carbocycles. The SMILES string of the molecule is Cc1ccc(F)c(-c2ccc(C(=O)N3CCN(C(=O)C4(O)CC4)CC3)cc2)c1. The van der Waals surface area contributed by atoms with Gasteiger partial charge in [-0.25, -0.2) is 4.39 Å². The summed E-state index contributed by atoms with van der Waals surface area (Å²) in [6.45, 7) is 3.65. The number of aliphatic hydroxyl groups is 1. The normalized spacial score (nSPS) is 18.1. The van der Waals surface area contributed by atoms with Crippen molar-refractivity contribution >= 4 is 11.8 Å². The Morgan fingerprint density at radius 1 is 0.964 bits per heavy atom. The van der Waals surface area contributed by atoms with Crippen molar-refractivity contribution in [1.29, 1.82) is 0 Å². The molecule has 0 spiro atoms. The minimum absolute atomic E-state index is 0.103. The third kappa shape index (κ3) is 3.52. The highest BCUT2D eigenvalue weighted by Gasteiger charge is 2.50. The van der Waals surface area contributed by atoms with Crippen LogP contribution in [0, 0.1) is 12.7 Å². The van der Waals surface area contributed by atoms with Crippen LogP contribution >= 0.6 is 0 Å². The zero-order valence-electron chi connectivity index (χ0n) is 15.8. The van der Waals surface area contributed by atoms with Gasteiger partial charge in [-0.2, -0.15) is 0 Å². The lowest BCUT2D eigenvalue weighted by Gasteiger charge is -2.35. The van der Waals surface area contributed by atoms with E-state index in [0.717, 1.165) is 11.1 Å². The maximum atomic E-state index is 14.1. The Labute approximate surface area is 163 Å². The first-order valence-corrected chi connectivity index (χ1v) is 9.55. The van der Waals surface area contributed by atoms with Crippen LogP contribution in [0.2, 0.25) is 0 Å². The van der Waals surface area contributed by atoms with E-state index >= 15 is 0 Å². The summed E-state index contributed by atoms with van der Waals surface area (Å²) in [7, 11) is 0. The Kier molecular flexibility index (Phi) is 4.67. The van der Waals surface area contributed by atoms with Crippen molar-refractivity contribution in [2.75, 3.05) is 26.2 Å². The summed E-state index contributed by atoms with van der Waals surface area (Å²) in [5.74, 6) is -0.611. The number of amides is 2. The van der Waals surface area contributed by atoms with Gasteiger partial charge in [0.1, 0.15) is 11.4 Å². The molecular formula is C22H23FN2O3. The van der Waals surface area contributed by atoms with E-state index in [1.165, 1.54) is 6.07 Å². The number of nitrogens with zero attached hydrogens (tertiary/aromatic N) is 2. The van der Waals surface area contributed by atoms with E-state index in [0.29, 0.717) is 50.1 Å². The van der Waals surface area contributed by atoms with Crippen LogP contribution < -0.4 is 0 Å². The standard InChI is InChI=1S/C22H23FN2O3/c1-15-2-7-19(23)18(14-15)16-3-5-17(6-4-16)20(26)24-10-12-25(13-11-24)21(27)22(28)8-9-22/h2-7,14,28H,8-13H2,1H3. The maximum absolute atomic E-state index is 14.1. The number of carbonyl (C=O) groups excluding carboxylic acids is 2. The fourth-order valence-electron chi connectivity index (χ4n) is 3.57. The fraction of sp³-hybridized carbons (Fsp3) is 0.364. The van der Waals surface area contributed by atoms with Gasteiger partial charge in [0.15, 0.2) is 0 Å². The number of aryl methyl sites for hydroxylation is 1. The van der Waals surface area contributed by atoms with Gasteiger partial charge >= 0.3 is 0 Å². The zero-order chi connectivity index (χ0) is 19.9. The van der Waals surface area contributed by atoms with Crippen molar-refractivity contribution in [2.45, 2.75) is 25.4 Å². The molecular weight excluding hydrogens is 359 g/mol. The predicted octanol–water partition coefficient (Wildman–Crippen LogP) is 2.61. The molecule has 1 aliphatic heterocycles. The highest BCUT2D eigenvalue weighted by molar-refractivity contribution is 5.95. The van der Waals surface area contributed by atoms with E-state index < -0.39 is 5.60 Å².